The quantitative estimate of drug-likeness (QED) is 0.112. The molecule has 2 fully saturated rings. The first-order chi connectivity index (χ1) is 33.5. The minimum atomic E-state index is -1.94. The van der Waals surface area contributed by atoms with Crippen LogP contribution in [-0.4, -0.2) is 143 Å². The van der Waals surface area contributed by atoms with Gasteiger partial charge in [-0.05, 0) is 61.9 Å². The van der Waals surface area contributed by atoms with Gasteiger partial charge in [0.2, 0.25) is 41.4 Å². The Balaban J connectivity index is 1.68. The number of hydrogen-bond donors (Lipinski definition) is 9. The van der Waals surface area contributed by atoms with Crippen molar-refractivity contribution in [3.8, 4) is 5.75 Å². The van der Waals surface area contributed by atoms with E-state index in [1.807, 2.05) is 0 Å². The number of fused-ring (bicyclic) bond motifs is 9. The Morgan fingerprint density at radius 3 is 2.00 bits per heavy atom. The minimum absolute atomic E-state index is 0.167. The van der Waals surface area contributed by atoms with Crippen molar-refractivity contribution in [2.45, 2.75) is 128 Å². The van der Waals surface area contributed by atoms with E-state index >= 15 is 0 Å². The van der Waals surface area contributed by atoms with Gasteiger partial charge < -0.3 is 66.4 Å². The molecule has 22 nitrogen and oxygen atoms in total. The monoisotopic (exact) mass is 991 g/mol. The molecule has 2 saturated heterocycles. The fourth-order valence-electron chi connectivity index (χ4n) is 7.72. The first-order valence-corrected chi connectivity index (χ1v) is 23.5. The largest absolute Gasteiger partial charge is 0.487 e. The highest BCUT2D eigenvalue weighted by atomic mass is 16.6. The van der Waals surface area contributed by atoms with Crippen LogP contribution in [0, 0.1) is 17.8 Å². The van der Waals surface area contributed by atoms with Crippen molar-refractivity contribution in [3.63, 3.8) is 0 Å². The molecule has 386 valence electrons. The SMILES string of the molecule is CC(C)C1NC(=O)C(NC(=O)C(C)C(O)C(C)C)C(C)OC(=O)C2COC(=O)CNC(=O)C=CC3(CO3)C(C)Oc3ccc(cc3)C(NC1=O)C(=O)NC(Cc1ccccc1)C(=O)NC(C(C)O)C(=O)N2. The standard InChI is InChI=1S/C49H65N7O15/c1-24(2)37-44(63)56-40-31-14-16-32(17-15-31)71-29(8)49(23-69-49)19-18-35(58)50-21-36(59)68-22-34(48(67)70-28(7)39(46(65)53-37)55-42(61)26(5)41(60)25(3)4)52-45(64)38(27(6)57)54-43(62)33(51-47(40)66)20-30-12-10-9-11-13-30/h9-19,24-29,33-34,37-41,57,60H,20-23H2,1-8H3,(H,50,58)(H,51,66)(H,52,64)(H,53,65)(H,54,62)(H,55,61)(H,56,63). The van der Waals surface area contributed by atoms with Crippen molar-refractivity contribution in [2.75, 3.05) is 19.8 Å². The Kier molecular flexibility index (Phi) is 18.8. The molecular formula is C49H65N7O15. The Hall–Kier alpha value is -6.91. The maximum atomic E-state index is 14.7. The molecule has 6 rings (SSSR count). The molecule has 2 aromatic carbocycles. The van der Waals surface area contributed by atoms with E-state index in [0.29, 0.717) is 11.3 Å². The molecule has 12 unspecified atom stereocenters. The van der Waals surface area contributed by atoms with Crippen LogP contribution in [-0.2, 0) is 63.8 Å². The maximum Gasteiger partial charge on any atom is 0.332 e. The number of epoxide rings is 1. The average Bonchev–Trinajstić information content (AvgIpc) is 4.13. The molecule has 9 N–H and O–H groups in total. The van der Waals surface area contributed by atoms with Crippen molar-refractivity contribution in [1.82, 2.24) is 37.2 Å². The van der Waals surface area contributed by atoms with Crippen LogP contribution in [0.5, 0.6) is 5.75 Å². The van der Waals surface area contributed by atoms with Crippen LogP contribution in [0.4, 0.5) is 0 Å². The molecule has 1 spiro atoms. The maximum absolute atomic E-state index is 14.7. The summed E-state index contributed by atoms with van der Waals surface area (Å²) < 4.78 is 22.8. The molecule has 4 bridgehead atoms. The summed E-state index contributed by atoms with van der Waals surface area (Å²) in [6.45, 7) is 10.6. The first kappa shape index (κ1) is 55.0. The van der Waals surface area contributed by atoms with E-state index in [-0.39, 0.29) is 18.6 Å². The van der Waals surface area contributed by atoms with E-state index in [1.54, 1.807) is 65.0 Å². The normalized spacial score (nSPS) is 28.8. The molecule has 7 amide bonds. The number of carbonyl (C=O) groups excluding carboxylic acids is 9. The van der Waals surface area contributed by atoms with Gasteiger partial charge in [0, 0.05) is 12.5 Å². The number of esters is 2. The molecule has 4 aliphatic heterocycles. The highest BCUT2D eigenvalue weighted by Crippen LogP contribution is 2.35. The smallest absolute Gasteiger partial charge is 0.332 e. The summed E-state index contributed by atoms with van der Waals surface area (Å²) in [5.74, 6) is -10.9. The van der Waals surface area contributed by atoms with Crippen LogP contribution >= 0.6 is 0 Å². The van der Waals surface area contributed by atoms with Crippen molar-refractivity contribution in [2.24, 2.45) is 17.8 Å². The second-order valence-electron chi connectivity index (χ2n) is 18.7. The lowest BCUT2D eigenvalue weighted by Gasteiger charge is -2.31. The highest BCUT2D eigenvalue weighted by molar-refractivity contribution is 5.98. The van der Waals surface area contributed by atoms with Crippen LogP contribution < -0.4 is 42.0 Å². The Bertz CT molecular complexity index is 2300. The molecule has 0 saturated carbocycles. The van der Waals surface area contributed by atoms with Crippen LogP contribution in [0.1, 0.15) is 72.6 Å². The number of carbonyl (C=O) groups is 9. The summed E-state index contributed by atoms with van der Waals surface area (Å²) in [6.07, 6.45) is -2.72. The molecule has 4 aliphatic rings. The topological polar surface area (TPSA) is 319 Å². The number of aliphatic hydroxyl groups excluding tert-OH is 2. The third kappa shape index (κ3) is 14.8. The lowest BCUT2D eigenvalue weighted by atomic mass is 9.93. The Morgan fingerprint density at radius 1 is 0.761 bits per heavy atom. The van der Waals surface area contributed by atoms with Gasteiger partial charge in [0.25, 0.3) is 0 Å². The zero-order valence-electron chi connectivity index (χ0n) is 40.9. The van der Waals surface area contributed by atoms with Crippen LogP contribution in [0.15, 0.2) is 66.7 Å². The number of amides is 7. The third-order valence-corrected chi connectivity index (χ3v) is 12.4. The summed E-state index contributed by atoms with van der Waals surface area (Å²) in [7, 11) is 0. The van der Waals surface area contributed by atoms with Gasteiger partial charge in [-0.25, -0.2) is 4.79 Å². The van der Waals surface area contributed by atoms with E-state index in [0.717, 1.165) is 6.08 Å². The van der Waals surface area contributed by atoms with Crippen molar-refractivity contribution in [3.05, 3.63) is 77.9 Å². The zero-order chi connectivity index (χ0) is 52.3. The molecular weight excluding hydrogens is 927 g/mol. The van der Waals surface area contributed by atoms with E-state index in [1.165, 1.54) is 51.1 Å². The van der Waals surface area contributed by atoms with Crippen LogP contribution in [0.2, 0.25) is 0 Å². The number of nitrogens with one attached hydrogen (secondary N) is 7. The summed E-state index contributed by atoms with van der Waals surface area (Å²) in [5, 5.41) is 39.3. The van der Waals surface area contributed by atoms with Gasteiger partial charge in [-0.2, -0.15) is 0 Å². The second kappa shape index (κ2) is 24.3. The van der Waals surface area contributed by atoms with Crippen molar-refractivity contribution >= 4 is 53.3 Å². The number of benzene rings is 2. The van der Waals surface area contributed by atoms with Gasteiger partial charge in [-0.3, -0.25) is 38.4 Å². The van der Waals surface area contributed by atoms with E-state index < -0.39 is 150 Å². The van der Waals surface area contributed by atoms with E-state index in [4.69, 9.17) is 18.9 Å². The predicted molar refractivity (Wildman–Crippen MR) is 251 cm³/mol. The van der Waals surface area contributed by atoms with Gasteiger partial charge >= 0.3 is 11.9 Å². The van der Waals surface area contributed by atoms with Crippen LogP contribution in [0.25, 0.3) is 0 Å². The molecule has 0 aromatic heterocycles. The zero-order valence-corrected chi connectivity index (χ0v) is 40.9. The van der Waals surface area contributed by atoms with E-state index in [9.17, 15) is 53.4 Å². The summed E-state index contributed by atoms with van der Waals surface area (Å²) in [4.78, 5) is 126. The van der Waals surface area contributed by atoms with Gasteiger partial charge in [0.15, 0.2) is 6.04 Å². The van der Waals surface area contributed by atoms with Gasteiger partial charge in [0.05, 0.1) is 24.7 Å². The number of rotatable bonds is 8. The van der Waals surface area contributed by atoms with Crippen LogP contribution in [0.3, 0.4) is 0 Å². The van der Waals surface area contributed by atoms with Crippen molar-refractivity contribution in [1.29, 1.82) is 0 Å². The summed E-state index contributed by atoms with van der Waals surface area (Å²) >= 11 is 0. The lowest BCUT2D eigenvalue weighted by Crippen LogP contribution is -2.61. The fourth-order valence-corrected chi connectivity index (χ4v) is 7.72. The number of ether oxygens (including phenoxy) is 4. The number of cyclic esters (lactones) is 1. The summed E-state index contributed by atoms with van der Waals surface area (Å²) in [6, 6.07) is 4.43. The molecule has 22 heteroatoms. The number of hydrogen-bond acceptors (Lipinski definition) is 15. The molecule has 2 aromatic rings. The van der Waals surface area contributed by atoms with Crippen molar-refractivity contribution < 1.29 is 72.3 Å². The van der Waals surface area contributed by atoms with Gasteiger partial charge in [-0.15, -0.1) is 0 Å². The Labute approximate surface area is 411 Å². The molecule has 4 heterocycles. The van der Waals surface area contributed by atoms with E-state index in [2.05, 4.69) is 37.2 Å². The van der Waals surface area contributed by atoms with Gasteiger partial charge in [0.1, 0.15) is 66.9 Å². The minimum Gasteiger partial charge on any atom is -0.487 e. The molecule has 12 atom stereocenters. The second-order valence-corrected chi connectivity index (χ2v) is 18.7. The molecule has 71 heavy (non-hydrogen) atoms. The fraction of sp³-hybridized carbons (Fsp3) is 0.531. The Morgan fingerprint density at radius 2 is 1.39 bits per heavy atom. The third-order valence-electron chi connectivity index (χ3n) is 12.4. The molecule has 0 radical (unpaired) electrons. The summed E-state index contributed by atoms with van der Waals surface area (Å²) in [5.41, 5.74) is -0.290. The lowest BCUT2D eigenvalue weighted by molar-refractivity contribution is -0.160. The first-order valence-electron chi connectivity index (χ1n) is 23.5. The number of aliphatic hydroxyl groups is 2. The van der Waals surface area contributed by atoms with Gasteiger partial charge in [-0.1, -0.05) is 77.1 Å². The molecule has 0 aliphatic carbocycles. The highest BCUT2D eigenvalue weighted by Gasteiger charge is 2.49. The predicted octanol–water partition coefficient (Wildman–Crippen LogP) is -1.09. The average molecular weight is 992 g/mol.